The van der Waals surface area contributed by atoms with Gasteiger partial charge in [-0.05, 0) is 37.2 Å². The summed E-state index contributed by atoms with van der Waals surface area (Å²) in [5.41, 5.74) is 1.52. The molecule has 3 aromatic rings. The predicted molar refractivity (Wildman–Crippen MR) is 89.4 cm³/mol. The highest BCUT2D eigenvalue weighted by atomic mass is 16.6. The minimum absolute atomic E-state index is 0.155. The van der Waals surface area contributed by atoms with Crippen LogP contribution in [0.1, 0.15) is 11.3 Å². The van der Waals surface area contributed by atoms with Gasteiger partial charge in [-0.25, -0.2) is 4.52 Å². The number of methoxy groups -OCH3 is 1. The maximum atomic E-state index is 13.1. The maximum absolute atomic E-state index is 13.1. The Bertz CT molecular complexity index is 1040. The molecule has 2 aromatic heterocycles. The Labute approximate surface area is 141 Å². The van der Waals surface area contributed by atoms with Gasteiger partial charge in [-0.3, -0.25) is 19.5 Å². The standard InChI is InChI=1S/C16H15N5O4/c1-25-11-4-2-10(3-5-11)19-15-14(21(23)24)9-18-20(15)13-8-17-7-6-12(13)16(19)22/h2-5,9,17H,6-8H2,1H3. The van der Waals surface area contributed by atoms with E-state index in [2.05, 4.69) is 10.4 Å². The van der Waals surface area contributed by atoms with E-state index in [0.717, 1.165) is 0 Å². The number of rotatable bonds is 3. The first-order chi connectivity index (χ1) is 12.1. The molecule has 0 saturated heterocycles. The molecule has 0 fully saturated rings. The van der Waals surface area contributed by atoms with Crippen LogP contribution >= 0.6 is 0 Å². The van der Waals surface area contributed by atoms with Crippen LogP contribution in [0.25, 0.3) is 11.3 Å². The van der Waals surface area contributed by atoms with Crippen LogP contribution in [0.2, 0.25) is 0 Å². The van der Waals surface area contributed by atoms with Gasteiger partial charge in [0.05, 0.1) is 23.4 Å². The number of benzene rings is 1. The van der Waals surface area contributed by atoms with Crippen LogP contribution in [0, 0.1) is 10.1 Å². The molecule has 1 N–H and O–H groups in total. The van der Waals surface area contributed by atoms with Crippen LogP contribution in [0.4, 0.5) is 5.69 Å². The highest BCUT2D eigenvalue weighted by molar-refractivity contribution is 5.64. The molecule has 128 valence electrons. The molecule has 0 saturated carbocycles. The third-order valence-corrected chi connectivity index (χ3v) is 4.37. The van der Waals surface area contributed by atoms with E-state index in [1.54, 1.807) is 31.4 Å². The van der Waals surface area contributed by atoms with Gasteiger partial charge < -0.3 is 10.1 Å². The van der Waals surface area contributed by atoms with Crippen molar-refractivity contribution < 1.29 is 9.66 Å². The molecule has 0 bridgehead atoms. The largest absolute Gasteiger partial charge is 0.497 e. The first-order valence-electron chi connectivity index (χ1n) is 7.76. The summed E-state index contributed by atoms with van der Waals surface area (Å²) in [6.07, 6.45) is 1.73. The number of fused-ring (bicyclic) bond motifs is 3. The molecule has 0 spiro atoms. The SMILES string of the molecule is COc1ccc(-n2c(=O)c3c(n4ncc([N+](=O)[O-])c24)CNCC3)cc1. The van der Waals surface area contributed by atoms with Crippen LogP contribution < -0.4 is 15.6 Å². The van der Waals surface area contributed by atoms with Gasteiger partial charge in [0.15, 0.2) is 0 Å². The van der Waals surface area contributed by atoms with Gasteiger partial charge in [0, 0.05) is 12.1 Å². The van der Waals surface area contributed by atoms with Crippen molar-refractivity contribution in [3.63, 3.8) is 0 Å². The Morgan fingerprint density at radius 3 is 2.76 bits per heavy atom. The van der Waals surface area contributed by atoms with E-state index < -0.39 is 4.92 Å². The molecule has 9 heteroatoms. The third-order valence-electron chi connectivity index (χ3n) is 4.37. The first kappa shape index (κ1) is 15.3. The number of hydrogen-bond donors (Lipinski definition) is 1. The predicted octanol–water partition coefficient (Wildman–Crippen LogP) is 1.05. The average Bonchev–Trinajstić information content (AvgIpc) is 3.08. The molecule has 1 aromatic carbocycles. The lowest BCUT2D eigenvalue weighted by Gasteiger charge is -2.20. The molecular weight excluding hydrogens is 326 g/mol. The van der Waals surface area contributed by atoms with Crippen LogP contribution in [-0.4, -0.2) is 32.8 Å². The molecule has 25 heavy (non-hydrogen) atoms. The van der Waals surface area contributed by atoms with Crippen molar-refractivity contribution >= 4 is 11.3 Å². The minimum Gasteiger partial charge on any atom is -0.497 e. The number of nitrogens with zero attached hydrogens (tertiary/aromatic N) is 4. The molecule has 1 aliphatic heterocycles. The molecule has 4 rings (SSSR count). The fourth-order valence-corrected chi connectivity index (χ4v) is 3.18. The Balaban J connectivity index is 2.10. The summed E-state index contributed by atoms with van der Waals surface area (Å²) in [4.78, 5) is 24.0. The van der Waals surface area contributed by atoms with Crippen molar-refractivity contribution in [3.8, 4) is 11.4 Å². The zero-order valence-electron chi connectivity index (χ0n) is 13.4. The van der Waals surface area contributed by atoms with Crippen molar-refractivity contribution in [2.24, 2.45) is 0 Å². The van der Waals surface area contributed by atoms with E-state index >= 15 is 0 Å². The minimum atomic E-state index is -0.523. The zero-order chi connectivity index (χ0) is 17.6. The second-order valence-corrected chi connectivity index (χ2v) is 5.71. The van der Waals surface area contributed by atoms with E-state index in [0.29, 0.717) is 42.2 Å². The van der Waals surface area contributed by atoms with E-state index in [9.17, 15) is 14.9 Å². The van der Waals surface area contributed by atoms with Crippen LogP contribution in [0.15, 0.2) is 35.3 Å². The van der Waals surface area contributed by atoms with Crippen molar-refractivity contribution in [2.75, 3.05) is 13.7 Å². The second-order valence-electron chi connectivity index (χ2n) is 5.71. The van der Waals surface area contributed by atoms with Gasteiger partial charge in [0.1, 0.15) is 11.9 Å². The summed E-state index contributed by atoms with van der Waals surface area (Å²) in [7, 11) is 1.55. The normalized spacial score (nSPS) is 13.6. The molecule has 1 aliphatic rings. The highest BCUT2D eigenvalue weighted by Crippen LogP contribution is 2.25. The van der Waals surface area contributed by atoms with Crippen LogP contribution in [0.5, 0.6) is 5.75 Å². The summed E-state index contributed by atoms with van der Waals surface area (Å²) in [6, 6.07) is 6.82. The number of nitrogens with one attached hydrogen (secondary N) is 1. The molecule has 9 nitrogen and oxygen atoms in total. The summed E-state index contributed by atoms with van der Waals surface area (Å²) in [5.74, 6) is 0.637. The van der Waals surface area contributed by atoms with E-state index in [-0.39, 0.29) is 16.9 Å². The van der Waals surface area contributed by atoms with Gasteiger partial charge in [0.2, 0.25) is 5.65 Å². The molecule has 0 atom stereocenters. The van der Waals surface area contributed by atoms with Gasteiger partial charge in [0.25, 0.3) is 5.56 Å². The Kier molecular flexibility index (Phi) is 3.50. The molecule has 0 unspecified atom stereocenters. The maximum Gasteiger partial charge on any atom is 0.332 e. The highest BCUT2D eigenvalue weighted by Gasteiger charge is 2.27. The van der Waals surface area contributed by atoms with Crippen LogP contribution in [-0.2, 0) is 13.0 Å². The topological polar surface area (TPSA) is 104 Å². The number of aromatic nitrogens is 3. The van der Waals surface area contributed by atoms with Crippen molar-refractivity contribution in [2.45, 2.75) is 13.0 Å². The fraction of sp³-hybridized carbons (Fsp3) is 0.250. The van der Waals surface area contributed by atoms with Gasteiger partial charge >= 0.3 is 5.69 Å². The van der Waals surface area contributed by atoms with Crippen LogP contribution in [0.3, 0.4) is 0 Å². The number of hydrogen-bond acceptors (Lipinski definition) is 6. The van der Waals surface area contributed by atoms with Crippen molar-refractivity contribution in [1.29, 1.82) is 0 Å². The summed E-state index contributed by atoms with van der Waals surface area (Å²) in [5, 5.41) is 18.8. The summed E-state index contributed by atoms with van der Waals surface area (Å²) >= 11 is 0. The smallest absolute Gasteiger partial charge is 0.332 e. The molecule has 3 heterocycles. The molecule has 0 amide bonds. The lowest BCUT2D eigenvalue weighted by Crippen LogP contribution is -2.35. The lowest BCUT2D eigenvalue weighted by molar-refractivity contribution is -0.383. The quantitative estimate of drug-likeness (QED) is 0.564. The van der Waals surface area contributed by atoms with Gasteiger partial charge in [-0.1, -0.05) is 0 Å². The van der Waals surface area contributed by atoms with Crippen molar-refractivity contribution in [3.05, 3.63) is 62.2 Å². The van der Waals surface area contributed by atoms with Gasteiger partial charge in [-0.15, -0.1) is 0 Å². The number of nitro groups is 1. The first-order valence-corrected chi connectivity index (χ1v) is 7.76. The van der Waals surface area contributed by atoms with Crippen molar-refractivity contribution in [1.82, 2.24) is 19.5 Å². The third kappa shape index (κ3) is 2.28. The Hall–Kier alpha value is -3.20. The Morgan fingerprint density at radius 2 is 2.08 bits per heavy atom. The summed E-state index contributed by atoms with van der Waals surface area (Å²) < 4.78 is 7.99. The van der Waals surface area contributed by atoms with E-state index in [1.165, 1.54) is 15.3 Å². The number of ether oxygens (including phenoxy) is 1. The monoisotopic (exact) mass is 341 g/mol. The molecule has 0 radical (unpaired) electrons. The molecule has 0 aliphatic carbocycles. The van der Waals surface area contributed by atoms with Gasteiger partial charge in [-0.2, -0.15) is 5.10 Å². The van der Waals surface area contributed by atoms with E-state index in [1.807, 2.05) is 0 Å². The summed E-state index contributed by atoms with van der Waals surface area (Å²) in [6.45, 7) is 1.13. The fourth-order valence-electron chi connectivity index (χ4n) is 3.18. The second kappa shape index (κ2) is 5.71. The lowest BCUT2D eigenvalue weighted by atomic mass is 10.1. The molecular formula is C16H15N5O4. The zero-order valence-corrected chi connectivity index (χ0v) is 13.4. The Morgan fingerprint density at radius 1 is 1.32 bits per heavy atom. The average molecular weight is 341 g/mol. The van der Waals surface area contributed by atoms with E-state index in [4.69, 9.17) is 4.74 Å².